The van der Waals surface area contributed by atoms with Gasteiger partial charge in [-0.1, -0.05) is 32.0 Å². The lowest BCUT2D eigenvalue weighted by atomic mass is 9.95. The fourth-order valence-electron chi connectivity index (χ4n) is 2.22. The largest absolute Gasteiger partial charge is 0.496 e. The third kappa shape index (κ3) is 5.21. The summed E-state index contributed by atoms with van der Waals surface area (Å²) in [6.45, 7) is 8.38. The minimum Gasteiger partial charge on any atom is -0.496 e. The van der Waals surface area contributed by atoms with Crippen molar-refractivity contribution < 1.29 is 4.74 Å². The number of hydrogen-bond donors (Lipinski definition) is 2. The molecule has 3 heteroatoms. The zero-order chi connectivity index (χ0) is 14.3. The number of methoxy groups -OCH3 is 1. The van der Waals surface area contributed by atoms with E-state index in [1.54, 1.807) is 7.11 Å². The van der Waals surface area contributed by atoms with Crippen LogP contribution in [-0.4, -0.2) is 26.2 Å². The van der Waals surface area contributed by atoms with Crippen molar-refractivity contribution in [2.45, 2.75) is 33.2 Å². The van der Waals surface area contributed by atoms with Gasteiger partial charge in [0.15, 0.2) is 0 Å². The smallest absolute Gasteiger partial charge is 0.122 e. The van der Waals surface area contributed by atoms with Crippen LogP contribution in [0.2, 0.25) is 0 Å². The van der Waals surface area contributed by atoms with E-state index in [9.17, 15) is 0 Å². The standard InChI is InChI=1S/C16H28N2O/c1-12(2)15(10-17)11-18-13(3)9-14-7-5-6-8-16(14)19-4/h5-8,12-13,15,18H,9-11,17H2,1-4H3. The van der Waals surface area contributed by atoms with Crippen LogP contribution in [0.15, 0.2) is 24.3 Å². The third-order valence-electron chi connectivity index (χ3n) is 3.69. The number of hydrogen-bond acceptors (Lipinski definition) is 3. The lowest BCUT2D eigenvalue weighted by Gasteiger charge is -2.22. The van der Waals surface area contributed by atoms with Gasteiger partial charge in [0, 0.05) is 6.04 Å². The molecule has 108 valence electrons. The maximum Gasteiger partial charge on any atom is 0.122 e. The Morgan fingerprint density at radius 3 is 2.47 bits per heavy atom. The van der Waals surface area contributed by atoms with E-state index in [1.165, 1.54) is 5.56 Å². The molecule has 0 heterocycles. The molecule has 0 saturated heterocycles. The van der Waals surface area contributed by atoms with Crippen molar-refractivity contribution in [1.82, 2.24) is 5.32 Å². The Kier molecular flexibility index (Phi) is 6.89. The molecule has 0 aliphatic rings. The number of para-hydroxylation sites is 1. The van der Waals surface area contributed by atoms with Gasteiger partial charge < -0.3 is 15.8 Å². The summed E-state index contributed by atoms with van der Waals surface area (Å²) in [4.78, 5) is 0. The summed E-state index contributed by atoms with van der Waals surface area (Å²) in [7, 11) is 1.72. The number of rotatable bonds is 8. The monoisotopic (exact) mass is 264 g/mol. The molecule has 0 saturated carbocycles. The van der Waals surface area contributed by atoms with Crippen LogP contribution >= 0.6 is 0 Å². The average molecular weight is 264 g/mol. The molecule has 1 aromatic rings. The Morgan fingerprint density at radius 1 is 1.21 bits per heavy atom. The van der Waals surface area contributed by atoms with Gasteiger partial charge in [0.2, 0.25) is 0 Å². The highest BCUT2D eigenvalue weighted by Gasteiger charge is 2.13. The van der Waals surface area contributed by atoms with Gasteiger partial charge in [0.25, 0.3) is 0 Å². The first-order valence-electron chi connectivity index (χ1n) is 7.13. The lowest BCUT2D eigenvalue weighted by molar-refractivity contribution is 0.351. The molecule has 0 aliphatic heterocycles. The first-order chi connectivity index (χ1) is 9.08. The molecular weight excluding hydrogens is 236 g/mol. The summed E-state index contributed by atoms with van der Waals surface area (Å²) in [5.74, 6) is 2.13. The minimum absolute atomic E-state index is 0.420. The van der Waals surface area contributed by atoms with Crippen molar-refractivity contribution in [2.75, 3.05) is 20.2 Å². The van der Waals surface area contributed by atoms with Crippen molar-refractivity contribution in [2.24, 2.45) is 17.6 Å². The first kappa shape index (κ1) is 16.0. The van der Waals surface area contributed by atoms with E-state index in [0.29, 0.717) is 17.9 Å². The van der Waals surface area contributed by atoms with E-state index in [-0.39, 0.29) is 0 Å². The molecule has 0 amide bonds. The molecular formula is C16H28N2O. The maximum absolute atomic E-state index is 5.80. The van der Waals surface area contributed by atoms with Crippen LogP contribution in [0.25, 0.3) is 0 Å². The molecule has 0 radical (unpaired) electrons. The number of ether oxygens (including phenoxy) is 1. The maximum atomic E-state index is 5.80. The highest BCUT2D eigenvalue weighted by molar-refractivity contribution is 5.33. The molecule has 3 N–H and O–H groups in total. The normalized spacial score (nSPS) is 14.4. The molecule has 19 heavy (non-hydrogen) atoms. The molecule has 2 unspecified atom stereocenters. The lowest BCUT2D eigenvalue weighted by Crippen LogP contribution is -2.37. The van der Waals surface area contributed by atoms with Crippen molar-refractivity contribution in [3.8, 4) is 5.75 Å². The number of benzene rings is 1. The summed E-state index contributed by atoms with van der Waals surface area (Å²) >= 11 is 0. The second-order valence-corrected chi connectivity index (χ2v) is 5.57. The van der Waals surface area contributed by atoms with Crippen molar-refractivity contribution in [1.29, 1.82) is 0 Å². The molecule has 3 nitrogen and oxygen atoms in total. The molecule has 2 atom stereocenters. The SMILES string of the molecule is COc1ccccc1CC(C)NCC(CN)C(C)C. The van der Waals surface area contributed by atoms with Crippen LogP contribution in [0.4, 0.5) is 0 Å². The van der Waals surface area contributed by atoms with E-state index < -0.39 is 0 Å². The number of nitrogens with two attached hydrogens (primary N) is 1. The fraction of sp³-hybridized carbons (Fsp3) is 0.625. The minimum atomic E-state index is 0.420. The van der Waals surface area contributed by atoms with Crippen molar-refractivity contribution in [3.63, 3.8) is 0 Å². The highest BCUT2D eigenvalue weighted by atomic mass is 16.5. The second-order valence-electron chi connectivity index (χ2n) is 5.57. The van der Waals surface area contributed by atoms with Gasteiger partial charge >= 0.3 is 0 Å². The van der Waals surface area contributed by atoms with Crippen LogP contribution in [-0.2, 0) is 6.42 Å². The molecule has 1 rings (SSSR count). The Hall–Kier alpha value is -1.06. The van der Waals surface area contributed by atoms with E-state index in [0.717, 1.165) is 25.3 Å². The Balaban J connectivity index is 2.48. The summed E-state index contributed by atoms with van der Waals surface area (Å²) in [5.41, 5.74) is 7.05. The quantitative estimate of drug-likeness (QED) is 0.758. The zero-order valence-corrected chi connectivity index (χ0v) is 12.6. The van der Waals surface area contributed by atoms with Gasteiger partial charge in [-0.2, -0.15) is 0 Å². The van der Waals surface area contributed by atoms with Crippen molar-refractivity contribution >= 4 is 0 Å². The van der Waals surface area contributed by atoms with Crippen molar-refractivity contribution in [3.05, 3.63) is 29.8 Å². The van der Waals surface area contributed by atoms with Crippen LogP contribution in [0.1, 0.15) is 26.3 Å². The average Bonchev–Trinajstić information content (AvgIpc) is 2.39. The van der Waals surface area contributed by atoms with E-state index in [4.69, 9.17) is 10.5 Å². The van der Waals surface area contributed by atoms with E-state index >= 15 is 0 Å². The van der Waals surface area contributed by atoms with Gasteiger partial charge in [-0.15, -0.1) is 0 Å². The molecule has 0 fully saturated rings. The first-order valence-corrected chi connectivity index (χ1v) is 7.13. The summed E-state index contributed by atoms with van der Waals surface area (Å²) in [6.07, 6.45) is 0.972. The van der Waals surface area contributed by atoms with Gasteiger partial charge in [-0.25, -0.2) is 0 Å². The van der Waals surface area contributed by atoms with Crippen LogP contribution < -0.4 is 15.8 Å². The van der Waals surface area contributed by atoms with E-state index in [2.05, 4.69) is 38.2 Å². The summed E-state index contributed by atoms with van der Waals surface area (Å²) in [5, 5.41) is 3.58. The second kappa shape index (κ2) is 8.18. The van der Waals surface area contributed by atoms with Gasteiger partial charge in [0.05, 0.1) is 7.11 Å². The van der Waals surface area contributed by atoms with Crippen LogP contribution in [0.3, 0.4) is 0 Å². The van der Waals surface area contributed by atoms with Crippen LogP contribution in [0, 0.1) is 11.8 Å². The summed E-state index contributed by atoms with van der Waals surface area (Å²) < 4.78 is 5.38. The Bertz CT molecular complexity index is 366. The fourth-order valence-corrected chi connectivity index (χ4v) is 2.22. The van der Waals surface area contributed by atoms with Gasteiger partial charge in [-0.05, 0) is 49.9 Å². The van der Waals surface area contributed by atoms with Crippen LogP contribution in [0.5, 0.6) is 5.75 Å². The highest BCUT2D eigenvalue weighted by Crippen LogP contribution is 2.19. The predicted octanol–water partition coefficient (Wildman–Crippen LogP) is 2.45. The summed E-state index contributed by atoms with van der Waals surface area (Å²) in [6, 6.07) is 8.62. The predicted molar refractivity (Wildman–Crippen MR) is 81.5 cm³/mol. The topological polar surface area (TPSA) is 47.3 Å². The third-order valence-corrected chi connectivity index (χ3v) is 3.69. The molecule has 1 aromatic carbocycles. The van der Waals surface area contributed by atoms with Gasteiger partial charge in [-0.3, -0.25) is 0 Å². The molecule has 0 aromatic heterocycles. The molecule has 0 spiro atoms. The van der Waals surface area contributed by atoms with Gasteiger partial charge in [0.1, 0.15) is 5.75 Å². The van der Waals surface area contributed by atoms with E-state index in [1.807, 2.05) is 12.1 Å². The molecule has 0 bridgehead atoms. The Labute approximate surface area is 117 Å². The molecule has 0 aliphatic carbocycles. The number of nitrogens with one attached hydrogen (secondary N) is 1. The Morgan fingerprint density at radius 2 is 1.89 bits per heavy atom. The zero-order valence-electron chi connectivity index (χ0n) is 12.6.